The van der Waals surface area contributed by atoms with Crippen LogP contribution in [0.2, 0.25) is 0 Å². The van der Waals surface area contributed by atoms with Crippen molar-refractivity contribution in [3.8, 4) is 5.75 Å². The SMILES string of the molecule is CCCCN(C(=O)C(CCC(N)=O)NC(=O)OC(C)(C)C)C(C(=O)NC(Cc1ccccc1)C(=O)OC(C)(C)C)c1ccc(O)cc1. The number of phenolic OH excluding ortho intramolecular Hbond substituents is 1. The van der Waals surface area contributed by atoms with E-state index in [9.17, 15) is 29.1 Å². The highest BCUT2D eigenvalue weighted by atomic mass is 16.6. The van der Waals surface area contributed by atoms with Gasteiger partial charge in [0.2, 0.25) is 17.7 Å². The smallest absolute Gasteiger partial charge is 0.408 e. The van der Waals surface area contributed by atoms with Crippen LogP contribution in [0.15, 0.2) is 54.6 Å². The van der Waals surface area contributed by atoms with Crippen LogP contribution in [0.25, 0.3) is 0 Å². The van der Waals surface area contributed by atoms with Crippen LogP contribution in [-0.4, -0.2) is 69.6 Å². The second-order valence-corrected chi connectivity index (χ2v) is 13.4. The first-order valence-corrected chi connectivity index (χ1v) is 15.8. The Morgan fingerprint density at radius 2 is 1.45 bits per heavy atom. The van der Waals surface area contributed by atoms with E-state index in [0.717, 1.165) is 5.56 Å². The number of hydrogen-bond acceptors (Lipinski definition) is 8. The first-order valence-electron chi connectivity index (χ1n) is 15.8. The number of aromatic hydroxyl groups is 1. The third-order valence-corrected chi connectivity index (χ3v) is 6.76. The van der Waals surface area contributed by atoms with Gasteiger partial charge in [-0.1, -0.05) is 55.8 Å². The molecule has 3 unspecified atom stereocenters. The third-order valence-electron chi connectivity index (χ3n) is 6.76. The van der Waals surface area contributed by atoms with Crippen molar-refractivity contribution in [2.45, 2.75) is 110 Å². The van der Waals surface area contributed by atoms with Crippen molar-refractivity contribution in [3.05, 3.63) is 65.7 Å². The van der Waals surface area contributed by atoms with Crippen molar-refractivity contribution in [2.24, 2.45) is 5.73 Å². The van der Waals surface area contributed by atoms with Crippen LogP contribution < -0.4 is 16.4 Å². The van der Waals surface area contributed by atoms with E-state index in [0.29, 0.717) is 18.4 Å². The number of rotatable bonds is 15. The number of hydrogen-bond donors (Lipinski definition) is 4. The normalized spacial score (nSPS) is 13.4. The van der Waals surface area contributed by atoms with Crippen molar-refractivity contribution >= 4 is 29.8 Å². The van der Waals surface area contributed by atoms with Crippen LogP contribution >= 0.6 is 0 Å². The average Bonchev–Trinajstić information content (AvgIpc) is 2.96. The second kappa shape index (κ2) is 17.3. The minimum atomic E-state index is -1.30. The Labute approximate surface area is 277 Å². The van der Waals surface area contributed by atoms with Gasteiger partial charge in [-0.15, -0.1) is 0 Å². The van der Waals surface area contributed by atoms with E-state index in [1.165, 1.54) is 29.2 Å². The highest BCUT2D eigenvalue weighted by Crippen LogP contribution is 2.26. The third kappa shape index (κ3) is 13.7. The lowest BCUT2D eigenvalue weighted by Gasteiger charge is -2.35. The summed E-state index contributed by atoms with van der Waals surface area (Å²) in [4.78, 5) is 67.9. The largest absolute Gasteiger partial charge is 0.508 e. The molecule has 0 saturated heterocycles. The summed E-state index contributed by atoms with van der Waals surface area (Å²) in [5.41, 5.74) is 4.81. The predicted molar refractivity (Wildman–Crippen MR) is 177 cm³/mol. The van der Waals surface area contributed by atoms with Crippen LogP contribution in [0.1, 0.15) is 91.3 Å². The number of nitrogens with two attached hydrogens (primary N) is 1. The predicted octanol–water partition coefficient (Wildman–Crippen LogP) is 4.29. The van der Waals surface area contributed by atoms with Crippen LogP contribution in [0.5, 0.6) is 5.75 Å². The number of alkyl carbamates (subject to hydrolysis) is 1. The van der Waals surface area contributed by atoms with Gasteiger partial charge in [-0.05, 0) is 77.6 Å². The van der Waals surface area contributed by atoms with Crippen molar-refractivity contribution < 1.29 is 38.6 Å². The Morgan fingerprint density at radius 3 is 1.98 bits per heavy atom. The topological polar surface area (TPSA) is 177 Å². The number of primary amides is 1. The fraction of sp³-hybridized carbons (Fsp3) is 0.514. The van der Waals surface area contributed by atoms with E-state index in [2.05, 4.69) is 10.6 Å². The van der Waals surface area contributed by atoms with E-state index in [4.69, 9.17) is 15.2 Å². The van der Waals surface area contributed by atoms with E-state index in [1.54, 1.807) is 41.5 Å². The molecule has 258 valence electrons. The van der Waals surface area contributed by atoms with E-state index in [-0.39, 0.29) is 31.6 Å². The molecule has 0 saturated carbocycles. The van der Waals surface area contributed by atoms with Gasteiger partial charge >= 0.3 is 12.1 Å². The number of unbranched alkanes of at least 4 members (excludes halogenated alkanes) is 1. The monoisotopic (exact) mass is 654 g/mol. The highest BCUT2D eigenvalue weighted by molar-refractivity contribution is 5.94. The zero-order chi connectivity index (χ0) is 35.4. The second-order valence-electron chi connectivity index (χ2n) is 13.4. The van der Waals surface area contributed by atoms with Gasteiger partial charge in [-0.2, -0.15) is 0 Å². The van der Waals surface area contributed by atoms with Gasteiger partial charge in [0, 0.05) is 19.4 Å². The maximum atomic E-state index is 14.3. The minimum Gasteiger partial charge on any atom is -0.508 e. The number of amides is 4. The van der Waals surface area contributed by atoms with Gasteiger partial charge in [0.1, 0.15) is 35.1 Å². The van der Waals surface area contributed by atoms with Gasteiger partial charge in [0.15, 0.2) is 0 Å². The Kier molecular flexibility index (Phi) is 14.2. The molecule has 2 aromatic carbocycles. The molecule has 3 atom stereocenters. The number of ether oxygens (including phenoxy) is 2. The summed E-state index contributed by atoms with van der Waals surface area (Å²) in [6.45, 7) is 12.2. The number of nitrogens with zero attached hydrogens (tertiary/aromatic N) is 1. The standard InChI is InChI=1S/C35H50N4O8/c1-8-9-21-39(31(43)26(19-20-28(36)41)38-33(45)47-35(5,6)7)29(24-15-17-25(40)18-16-24)30(42)37-27(32(44)46-34(2,3)4)22-23-13-11-10-12-14-23/h10-18,26-27,29,40H,8-9,19-22H2,1-7H3,(H2,36,41)(H,37,42)(H,38,45). The Bertz CT molecular complexity index is 1350. The molecule has 0 spiro atoms. The molecule has 0 fully saturated rings. The number of carbonyl (C=O) groups excluding carboxylic acids is 5. The molecule has 0 heterocycles. The quantitative estimate of drug-likeness (QED) is 0.206. The summed E-state index contributed by atoms with van der Waals surface area (Å²) in [5, 5.41) is 15.4. The van der Waals surface area contributed by atoms with E-state index < -0.39 is 59.1 Å². The number of nitrogens with one attached hydrogen (secondary N) is 2. The van der Waals surface area contributed by atoms with Crippen LogP contribution in [0.4, 0.5) is 4.79 Å². The van der Waals surface area contributed by atoms with Gasteiger partial charge in [0.25, 0.3) is 0 Å². The molecule has 2 rings (SSSR count). The number of esters is 1. The minimum absolute atomic E-state index is 0.0546. The molecule has 0 aliphatic rings. The molecule has 0 aliphatic heterocycles. The maximum Gasteiger partial charge on any atom is 0.408 e. The molecule has 2 aromatic rings. The fourth-order valence-corrected chi connectivity index (χ4v) is 4.69. The number of benzene rings is 2. The lowest BCUT2D eigenvalue weighted by Crippen LogP contribution is -2.55. The van der Waals surface area contributed by atoms with Crippen molar-refractivity contribution in [2.75, 3.05) is 6.54 Å². The van der Waals surface area contributed by atoms with Crippen LogP contribution in [0.3, 0.4) is 0 Å². The molecule has 0 bridgehead atoms. The Balaban J connectivity index is 2.60. The Hall–Kier alpha value is -4.61. The highest BCUT2D eigenvalue weighted by Gasteiger charge is 2.38. The Morgan fingerprint density at radius 1 is 0.851 bits per heavy atom. The lowest BCUT2D eigenvalue weighted by atomic mass is 9.99. The number of carbonyl (C=O) groups is 5. The van der Waals surface area contributed by atoms with Crippen molar-refractivity contribution in [1.29, 1.82) is 0 Å². The summed E-state index contributed by atoms with van der Waals surface area (Å²) in [6.07, 6.45) is 0.0225. The molecule has 47 heavy (non-hydrogen) atoms. The molecule has 12 nitrogen and oxygen atoms in total. The number of phenols is 1. The molecule has 5 N–H and O–H groups in total. The molecule has 0 aliphatic carbocycles. The summed E-state index contributed by atoms with van der Waals surface area (Å²) < 4.78 is 11.0. The van der Waals surface area contributed by atoms with E-state index in [1.807, 2.05) is 37.3 Å². The van der Waals surface area contributed by atoms with Crippen molar-refractivity contribution in [3.63, 3.8) is 0 Å². The van der Waals surface area contributed by atoms with Crippen molar-refractivity contribution in [1.82, 2.24) is 15.5 Å². The van der Waals surface area contributed by atoms with Gasteiger partial charge in [-0.25, -0.2) is 9.59 Å². The zero-order valence-electron chi connectivity index (χ0n) is 28.5. The summed E-state index contributed by atoms with van der Waals surface area (Å²) in [5.74, 6) is -2.73. The van der Waals surface area contributed by atoms with Gasteiger partial charge < -0.3 is 35.8 Å². The molecule has 0 aromatic heterocycles. The first-order chi connectivity index (χ1) is 21.9. The summed E-state index contributed by atoms with van der Waals surface area (Å²) in [7, 11) is 0. The fourth-order valence-electron chi connectivity index (χ4n) is 4.69. The van der Waals surface area contributed by atoms with Gasteiger partial charge in [-0.3, -0.25) is 14.4 Å². The molecular weight excluding hydrogens is 604 g/mol. The molecule has 12 heteroatoms. The van der Waals surface area contributed by atoms with Gasteiger partial charge in [0.05, 0.1) is 0 Å². The molecule has 0 radical (unpaired) electrons. The van der Waals surface area contributed by atoms with Crippen LogP contribution in [0, 0.1) is 0 Å². The summed E-state index contributed by atoms with van der Waals surface area (Å²) >= 11 is 0. The molecular formula is C35H50N4O8. The average molecular weight is 655 g/mol. The maximum absolute atomic E-state index is 14.3. The zero-order valence-corrected chi connectivity index (χ0v) is 28.5. The summed E-state index contributed by atoms with van der Waals surface area (Å²) in [6, 6.07) is 11.2. The van der Waals surface area contributed by atoms with E-state index >= 15 is 0 Å². The lowest BCUT2D eigenvalue weighted by molar-refractivity contribution is -0.159. The first kappa shape index (κ1) is 38.6. The van der Waals surface area contributed by atoms with Crippen LogP contribution in [-0.2, 0) is 35.1 Å². The molecule has 4 amide bonds.